The lowest BCUT2D eigenvalue weighted by Crippen LogP contribution is -2.22. The van der Waals surface area contributed by atoms with Crippen molar-refractivity contribution >= 4 is 0 Å². The quantitative estimate of drug-likeness (QED) is 0.780. The first-order chi connectivity index (χ1) is 9.21. The maximum absolute atomic E-state index is 5.39. The van der Waals surface area contributed by atoms with Crippen LogP contribution in [0.5, 0.6) is 5.75 Å². The number of methoxy groups -OCH3 is 2. The maximum Gasteiger partial charge on any atom is 0.123 e. The van der Waals surface area contributed by atoms with Gasteiger partial charge in [-0.05, 0) is 25.2 Å². The van der Waals surface area contributed by atoms with Gasteiger partial charge in [0, 0.05) is 31.3 Å². The highest BCUT2D eigenvalue weighted by molar-refractivity contribution is 5.44. The molecule has 0 aliphatic heterocycles. The van der Waals surface area contributed by atoms with Crippen LogP contribution < -0.4 is 10.5 Å². The molecule has 1 aromatic carbocycles. The molecule has 0 aliphatic rings. The van der Waals surface area contributed by atoms with Crippen molar-refractivity contribution in [1.82, 2.24) is 4.90 Å². The maximum atomic E-state index is 5.39. The van der Waals surface area contributed by atoms with Crippen LogP contribution in [-0.2, 0) is 11.3 Å². The van der Waals surface area contributed by atoms with Gasteiger partial charge in [-0.2, -0.15) is 0 Å². The van der Waals surface area contributed by atoms with Gasteiger partial charge < -0.3 is 15.2 Å². The van der Waals surface area contributed by atoms with Crippen LogP contribution in [0.25, 0.3) is 0 Å². The standard InChI is InChI=1S/C15H22N2O2/c1-17(9-10-18-2)12-14-11-13(5-4-8-16)6-7-15(14)19-3/h6-7,11H,8-10,12,16H2,1-3H3. The highest BCUT2D eigenvalue weighted by Gasteiger charge is 2.07. The van der Waals surface area contributed by atoms with E-state index in [2.05, 4.69) is 23.8 Å². The van der Waals surface area contributed by atoms with Gasteiger partial charge in [0.15, 0.2) is 0 Å². The number of hydrogen-bond donors (Lipinski definition) is 1. The third-order valence-electron chi connectivity index (χ3n) is 2.73. The van der Waals surface area contributed by atoms with Crippen molar-refractivity contribution in [2.45, 2.75) is 6.54 Å². The van der Waals surface area contributed by atoms with E-state index in [1.54, 1.807) is 14.2 Å². The molecule has 0 aromatic heterocycles. The van der Waals surface area contributed by atoms with E-state index >= 15 is 0 Å². The van der Waals surface area contributed by atoms with Gasteiger partial charge in [-0.15, -0.1) is 0 Å². The average Bonchev–Trinajstić information content (AvgIpc) is 2.43. The lowest BCUT2D eigenvalue weighted by Gasteiger charge is -2.18. The highest BCUT2D eigenvalue weighted by Crippen LogP contribution is 2.20. The van der Waals surface area contributed by atoms with E-state index in [9.17, 15) is 0 Å². The Kier molecular flexibility index (Phi) is 6.98. The first kappa shape index (κ1) is 15.5. The van der Waals surface area contributed by atoms with Gasteiger partial charge in [0.2, 0.25) is 0 Å². The Hall–Kier alpha value is -1.54. The van der Waals surface area contributed by atoms with Crippen LogP contribution in [0.3, 0.4) is 0 Å². The fraction of sp³-hybridized carbons (Fsp3) is 0.467. The summed E-state index contributed by atoms with van der Waals surface area (Å²) in [6.45, 7) is 2.75. The molecule has 0 aliphatic carbocycles. The minimum atomic E-state index is 0.370. The summed E-state index contributed by atoms with van der Waals surface area (Å²) < 4.78 is 10.5. The lowest BCUT2D eigenvalue weighted by molar-refractivity contribution is 0.158. The normalized spacial score (nSPS) is 10.2. The number of nitrogens with zero attached hydrogens (tertiary/aromatic N) is 1. The molecular weight excluding hydrogens is 240 g/mol. The fourth-order valence-electron chi connectivity index (χ4n) is 1.75. The summed E-state index contributed by atoms with van der Waals surface area (Å²) in [5.41, 5.74) is 7.46. The second-order valence-electron chi connectivity index (χ2n) is 4.26. The molecule has 0 saturated carbocycles. The van der Waals surface area contributed by atoms with E-state index in [4.69, 9.17) is 15.2 Å². The summed E-state index contributed by atoms with van der Waals surface area (Å²) in [6, 6.07) is 5.94. The summed E-state index contributed by atoms with van der Waals surface area (Å²) in [5.74, 6) is 6.78. The molecule has 104 valence electrons. The lowest BCUT2D eigenvalue weighted by atomic mass is 10.1. The Morgan fingerprint density at radius 1 is 1.32 bits per heavy atom. The van der Waals surface area contributed by atoms with Crippen molar-refractivity contribution in [2.24, 2.45) is 5.73 Å². The molecular formula is C15H22N2O2. The molecule has 0 atom stereocenters. The first-order valence-corrected chi connectivity index (χ1v) is 6.24. The molecule has 0 bridgehead atoms. The molecule has 0 saturated heterocycles. The minimum Gasteiger partial charge on any atom is -0.496 e. The number of benzene rings is 1. The van der Waals surface area contributed by atoms with Gasteiger partial charge in [-0.3, -0.25) is 4.90 Å². The summed E-state index contributed by atoms with van der Waals surface area (Å²) in [5, 5.41) is 0. The predicted octanol–water partition coefficient (Wildman–Crippen LogP) is 1.08. The largest absolute Gasteiger partial charge is 0.496 e. The van der Waals surface area contributed by atoms with Crippen LogP contribution in [0, 0.1) is 11.8 Å². The number of rotatable bonds is 6. The highest BCUT2D eigenvalue weighted by atomic mass is 16.5. The van der Waals surface area contributed by atoms with Crippen molar-refractivity contribution in [3.63, 3.8) is 0 Å². The zero-order valence-electron chi connectivity index (χ0n) is 11.9. The Balaban J connectivity index is 2.83. The van der Waals surface area contributed by atoms with Gasteiger partial charge in [0.05, 0.1) is 20.3 Å². The molecule has 1 rings (SSSR count). The summed E-state index contributed by atoms with van der Waals surface area (Å²) >= 11 is 0. The van der Waals surface area contributed by atoms with Crippen LogP contribution in [0.4, 0.5) is 0 Å². The van der Waals surface area contributed by atoms with E-state index in [0.29, 0.717) is 13.2 Å². The van der Waals surface area contributed by atoms with E-state index in [0.717, 1.165) is 30.0 Å². The number of hydrogen-bond acceptors (Lipinski definition) is 4. The Morgan fingerprint density at radius 3 is 2.74 bits per heavy atom. The van der Waals surface area contributed by atoms with Gasteiger partial charge in [0.25, 0.3) is 0 Å². The van der Waals surface area contributed by atoms with E-state index in [-0.39, 0.29) is 0 Å². The van der Waals surface area contributed by atoms with E-state index in [1.807, 2.05) is 18.2 Å². The van der Waals surface area contributed by atoms with Gasteiger partial charge >= 0.3 is 0 Å². The van der Waals surface area contributed by atoms with Crippen molar-refractivity contribution < 1.29 is 9.47 Å². The molecule has 0 amide bonds. The van der Waals surface area contributed by atoms with Crippen LogP contribution in [0.2, 0.25) is 0 Å². The van der Waals surface area contributed by atoms with Crippen molar-refractivity contribution in [3.05, 3.63) is 29.3 Å². The molecule has 0 unspecified atom stereocenters. The van der Waals surface area contributed by atoms with E-state index in [1.165, 1.54) is 0 Å². The molecule has 19 heavy (non-hydrogen) atoms. The summed E-state index contributed by atoms with van der Waals surface area (Å²) in [6.07, 6.45) is 0. The minimum absolute atomic E-state index is 0.370. The van der Waals surface area contributed by atoms with Crippen molar-refractivity contribution in [3.8, 4) is 17.6 Å². The number of ether oxygens (including phenoxy) is 2. The molecule has 0 radical (unpaired) electrons. The van der Waals surface area contributed by atoms with Crippen LogP contribution >= 0.6 is 0 Å². The van der Waals surface area contributed by atoms with Gasteiger partial charge in [-0.1, -0.05) is 11.8 Å². The number of likely N-dealkylation sites (N-methyl/N-ethyl adjacent to an activating group) is 1. The Labute approximate surface area is 115 Å². The molecule has 1 aromatic rings. The molecule has 2 N–H and O–H groups in total. The van der Waals surface area contributed by atoms with Crippen molar-refractivity contribution in [2.75, 3.05) is 41.0 Å². The smallest absolute Gasteiger partial charge is 0.123 e. The SMILES string of the molecule is COCCN(C)Cc1cc(C#CCN)ccc1OC. The zero-order chi connectivity index (χ0) is 14.1. The van der Waals surface area contributed by atoms with Gasteiger partial charge in [-0.25, -0.2) is 0 Å². The fourth-order valence-corrected chi connectivity index (χ4v) is 1.75. The van der Waals surface area contributed by atoms with Crippen LogP contribution in [0.15, 0.2) is 18.2 Å². The van der Waals surface area contributed by atoms with Gasteiger partial charge in [0.1, 0.15) is 5.75 Å². The summed E-state index contributed by atoms with van der Waals surface area (Å²) in [7, 11) is 5.44. The molecule has 4 nitrogen and oxygen atoms in total. The van der Waals surface area contributed by atoms with Crippen LogP contribution in [0.1, 0.15) is 11.1 Å². The molecule has 0 spiro atoms. The summed E-state index contributed by atoms with van der Waals surface area (Å²) in [4.78, 5) is 2.18. The zero-order valence-corrected chi connectivity index (χ0v) is 11.9. The predicted molar refractivity (Wildman–Crippen MR) is 77.1 cm³/mol. The van der Waals surface area contributed by atoms with E-state index < -0.39 is 0 Å². The van der Waals surface area contributed by atoms with Crippen molar-refractivity contribution in [1.29, 1.82) is 0 Å². The average molecular weight is 262 g/mol. The third kappa shape index (κ3) is 5.31. The first-order valence-electron chi connectivity index (χ1n) is 6.24. The van der Waals surface area contributed by atoms with Crippen LogP contribution in [-0.4, -0.2) is 45.9 Å². The molecule has 4 heteroatoms. The number of nitrogens with two attached hydrogens (primary N) is 1. The monoisotopic (exact) mass is 262 g/mol. The molecule has 0 fully saturated rings. The Morgan fingerprint density at radius 2 is 2.11 bits per heavy atom. The third-order valence-corrected chi connectivity index (χ3v) is 2.73. The second-order valence-corrected chi connectivity index (χ2v) is 4.26. The Bertz CT molecular complexity index is 449. The second kappa shape index (κ2) is 8.54. The molecule has 0 heterocycles. The topological polar surface area (TPSA) is 47.7 Å².